The summed E-state index contributed by atoms with van der Waals surface area (Å²) in [5.41, 5.74) is 1.42. The van der Waals surface area contributed by atoms with Gasteiger partial charge in [-0.15, -0.1) is 0 Å². The molecule has 0 saturated heterocycles. The zero-order chi connectivity index (χ0) is 14.1. The molecule has 1 rings (SSSR count). The smallest absolute Gasteiger partial charge is 0.0320 e. The minimum Gasteiger partial charge on any atom is -0.310 e. The molecular weight excluding hydrogens is 232 g/mol. The standard InChI is InChI=1S/C17H30N2/c1-5-10-17(16-11-7-6-8-12-16)18-13-9-14-19(4)15(2)3/h6-8,11-12,15,17-18H,5,9-10,13-14H2,1-4H3. The van der Waals surface area contributed by atoms with E-state index >= 15 is 0 Å². The lowest BCUT2D eigenvalue weighted by Crippen LogP contribution is -2.30. The van der Waals surface area contributed by atoms with Crippen LogP contribution in [0.25, 0.3) is 0 Å². The van der Waals surface area contributed by atoms with Crippen molar-refractivity contribution in [3.05, 3.63) is 35.9 Å². The van der Waals surface area contributed by atoms with E-state index in [0.29, 0.717) is 12.1 Å². The van der Waals surface area contributed by atoms with Gasteiger partial charge in [-0.1, -0.05) is 43.7 Å². The molecular formula is C17H30N2. The molecule has 1 unspecified atom stereocenters. The molecule has 1 aromatic carbocycles. The summed E-state index contributed by atoms with van der Waals surface area (Å²) in [5, 5.41) is 3.70. The first-order valence-corrected chi connectivity index (χ1v) is 7.63. The predicted octanol–water partition coefficient (Wildman–Crippen LogP) is 3.85. The van der Waals surface area contributed by atoms with Crippen LogP contribution in [0.5, 0.6) is 0 Å². The molecule has 2 heteroatoms. The van der Waals surface area contributed by atoms with Crippen molar-refractivity contribution >= 4 is 0 Å². The SMILES string of the molecule is CCCC(NCCCN(C)C(C)C)c1ccccc1. The van der Waals surface area contributed by atoms with E-state index in [4.69, 9.17) is 0 Å². The van der Waals surface area contributed by atoms with E-state index in [9.17, 15) is 0 Å². The van der Waals surface area contributed by atoms with Crippen molar-refractivity contribution in [2.45, 2.75) is 52.1 Å². The second kappa shape index (κ2) is 9.11. The van der Waals surface area contributed by atoms with Gasteiger partial charge >= 0.3 is 0 Å². The van der Waals surface area contributed by atoms with Crippen LogP contribution >= 0.6 is 0 Å². The zero-order valence-corrected chi connectivity index (χ0v) is 13.0. The highest BCUT2D eigenvalue weighted by molar-refractivity contribution is 5.18. The van der Waals surface area contributed by atoms with E-state index in [-0.39, 0.29) is 0 Å². The first kappa shape index (κ1) is 16.2. The van der Waals surface area contributed by atoms with Crippen molar-refractivity contribution in [3.63, 3.8) is 0 Å². The van der Waals surface area contributed by atoms with Crippen molar-refractivity contribution in [3.8, 4) is 0 Å². The Bertz CT molecular complexity index is 321. The molecule has 1 aromatic rings. The van der Waals surface area contributed by atoms with Crippen LogP contribution in [0.1, 0.15) is 51.6 Å². The van der Waals surface area contributed by atoms with Gasteiger partial charge in [0.15, 0.2) is 0 Å². The molecule has 0 bridgehead atoms. The second-order valence-electron chi connectivity index (χ2n) is 5.63. The molecule has 0 aliphatic carbocycles. The summed E-state index contributed by atoms with van der Waals surface area (Å²) in [6.07, 6.45) is 3.64. The minimum absolute atomic E-state index is 0.510. The summed E-state index contributed by atoms with van der Waals surface area (Å²) < 4.78 is 0. The largest absolute Gasteiger partial charge is 0.310 e. The van der Waals surface area contributed by atoms with E-state index in [1.807, 2.05) is 0 Å². The Morgan fingerprint density at radius 1 is 1.16 bits per heavy atom. The average molecular weight is 262 g/mol. The summed E-state index contributed by atoms with van der Waals surface area (Å²) in [6, 6.07) is 12.0. The Morgan fingerprint density at radius 3 is 2.42 bits per heavy atom. The highest BCUT2D eigenvalue weighted by atomic mass is 15.1. The molecule has 0 aliphatic rings. The number of hydrogen-bond donors (Lipinski definition) is 1. The van der Waals surface area contributed by atoms with Crippen LogP contribution in [-0.4, -0.2) is 31.1 Å². The summed E-state index contributed by atoms with van der Waals surface area (Å²) in [5.74, 6) is 0. The second-order valence-corrected chi connectivity index (χ2v) is 5.63. The fourth-order valence-electron chi connectivity index (χ4n) is 2.22. The summed E-state index contributed by atoms with van der Waals surface area (Å²) in [7, 11) is 2.20. The molecule has 0 amide bonds. The Balaban J connectivity index is 2.35. The third-order valence-electron chi connectivity index (χ3n) is 3.74. The van der Waals surface area contributed by atoms with E-state index < -0.39 is 0 Å². The number of nitrogens with zero attached hydrogens (tertiary/aromatic N) is 1. The predicted molar refractivity (Wildman–Crippen MR) is 84.5 cm³/mol. The maximum absolute atomic E-state index is 3.70. The quantitative estimate of drug-likeness (QED) is 0.680. The van der Waals surface area contributed by atoms with Crippen molar-refractivity contribution in [1.29, 1.82) is 0 Å². The fraction of sp³-hybridized carbons (Fsp3) is 0.647. The Kier molecular flexibility index (Phi) is 7.76. The molecule has 2 nitrogen and oxygen atoms in total. The maximum Gasteiger partial charge on any atom is 0.0320 e. The van der Waals surface area contributed by atoms with Gasteiger partial charge in [-0.3, -0.25) is 0 Å². The average Bonchev–Trinajstić information content (AvgIpc) is 2.42. The van der Waals surface area contributed by atoms with Gasteiger partial charge in [0.1, 0.15) is 0 Å². The summed E-state index contributed by atoms with van der Waals surface area (Å²) >= 11 is 0. The molecule has 0 radical (unpaired) electrons. The molecule has 0 aliphatic heterocycles. The number of benzene rings is 1. The van der Waals surface area contributed by atoms with Crippen LogP contribution in [-0.2, 0) is 0 Å². The first-order chi connectivity index (χ1) is 9.15. The van der Waals surface area contributed by atoms with Crippen LogP contribution in [0, 0.1) is 0 Å². The monoisotopic (exact) mass is 262 g/mol. The molecule has 19 heavy (non-hydrogen) atoms. The molecule has 0 heterocycles. The molecule has 1 atom stereocenters. The molecule has 0 saturated carbocycles. The highest BCUT2D eigenvalue weighted by Crippen LogP contribution is 2.17. The van der Waals surface area contributed by atoms with Crippen LogP contribution in [0.3, 0.4) is 0 Å². The van der Waals surface area contributed by atoms with Crippen LogP contribution in [0.4, 0.5) is 0 Å². The lowest BCUT2D eigenvalue weighted by Gasteiger charge is -2.22. The van der Waals surface area contributed by atoms with Crippen molar-refractivity contribution in [2.75, 3.05) is 20.1 Å². The van der Waals surface area contributed by atoms with Gasteiger partial charge in [0.2, 0.25) is 0 Å². The lowest BCUT2D eigenvalue weighted by molar-refractivity contribution is 0.267. The molecule has 0 aromatic heterocycles. The van der Waals surface area contributed by atoms with E-state index in [2.05, 4.69) is 68.4 Å². The highest BCUT2D eigenvalue weighted by Gasteiger charge is 2.09. The fourth-order valence-corrected chi connectivity index (χ4v) is 2.22. The topological polar surface area (TPSA) is 15.3 Å². The third kappa shape index (κ3) is 6.22. The molecule has 0 fully saturated rings. The molecule has 1 N–H and O–H groups in total. The number of hydrogen-bond acceptors (Lipinski definition) is 2. The van der Waals surface area contributed by atoms with E-state index in [0.717, 1.165) is 13.1 Å². The van der Waals surface area contributed by atoms with Crippen LogP contribution in [0.2, 0.25) is 0 Å². The van der Waals surface area contributed by atoms with Gasteiger partial charge in [-0.2, -0.15) is 0 Å². The van der Waals surface area contributed by atoms with Gasteiger partial charge in [0.05, 0.1) is 0 Å². The van der Waals surface area contributed by atoms with Gasteiger partial charge in [-0.25, -0.2) is 0 Å². The van der Waals surface area contributed by atoms with Gasteiger partial charge < -0.3 is 10.2 Å². The van der Waals surface area contributed by atoms with Gasteiger partial charge in [0, 0.05) is 12.1 Å². The number of nitrogens with one attached hydrogen (secondary N) is 1. The van der Waals surface area contributed by atoms with Gasteiger partial charge in [0.25, 0.3) is 0 Å². The minimum atomic E-state index is 0.510. The van der Waals surface area contributed by atoms with E-state index in [1.54, 1.807) is 0 Å². The van der Waals surface area contributed by atoms with Gasteiger partial charge in [-0.05, 0) is 52.4 Å². The maximum atomic E-state index is 3.70. The zero-order valence-electron chi connectivity index (χ0n) is 13.0. The van der Waals surface area contributed by atoms with E-state index in [1.165, 1.54) is 24.8 Å². The Labute approximate surface area is 119 Å². The van der Waals surface area contributed by atoms with Crippen LogP contribution < -0.4 is 5.32 Å². The third-order valence-corrected chi connectivity index (χ3v) is 3.74. The van der Waals surface area contributed by atoms with Crippen molar-refractivity contribution in [2.24, 2.45) is 0 Å². The molecule has 108 valence electrons. The number of rotatable bonds is 9. The molecule has 0 spiro atoms. The Hall–Kier alpha value is -0.860. The van der Waals surface area contributed by atoms with Crippen LogP contribution in [0.15, 0.2) is 30.3 Å². The first-order valence-electron chi connectivity index (χ1n) is 7.63. The Morgan fingerprint density at radius 2 is 1.84 bits per heavy atom. The normalized spacial score (nSPS) is 13.2. The summed E-state index contributed by atoms with van der Waals surface area (Å²) in [4.78, 5) is 2.40. The summed E-state index contributed by atoms with van der Waals surface area (Å²) in [6.45, 7) is 9.01. The lowest BCUT2D eigenvalue weighted by atomic mass is 10.0. The van der Waals surface area contributed by atoms with Crippen molar-refractivity contribution in [1.82, 2.24) is 10.2 Å². The van der Waals surface area contributed by atoms with Crippen molar-refractivity contribution < 1.29 is 0 Å².